The molecule has 0 fully saturated rings. The van der Waals surface area contributed by atoms with Gasteiger partial charge in [0.15, 0.2) is 16.9 Å². The Kier molecular flexibility index (Phi) is 4.46. The highest BCUT2D eigenvalue weighted by Gasteiger charge is 2.34. The van der Waals surface area contributed by atoms with Gasteiger partial charge in [0, 0.05) is 41.6 Å². The smallest absolute Gasteiger partial charge is 0.312 e. The summed E-state index contributed by atoms with van der Waals surface area (Å²) in [4.78, 5) is 34.4. The molecule has 9 heteroatoms. The fraction of sp³-hybridized carbons (Fsp3) is 0.0769. The van der Waals surface area contributed by atoms with E-state index in [1.807, 2.05) is 6.07 Å². The first-order valence-electron chi connectivity index (χ1n) is 10.7. The van der Waals surface area contributed by atoms with Crippen molar-refractivity contribution < 1.29 is 29.3 Å². The van der Waals surface area contributed by atoms with Crippen LogP contribution in [-0.4, -0.2) is 31.3 Å². The molecule has 0 radical (unpaired) electrons. The number of nitrogens with zero attached hydrogens (tertiary/aromatic N) is 2. The van der Waals surface area contributed by atoms with E-state index in [9.17, 15) is 24.9 Å². The second-order valence-electron chi connectivity index (χ2n) is 8.19. The number of carbonyl (C=O) groups excluding carboxylic acids is 1. The maximum atomic E-state index is 13.1. The van der Waals surface area contributed by atoms with Crippen LogP contribution in [0, 0.1) is 0 Å². The second-order valence-corrected chi connectivity index (χ2v) is 8.19. The summed E-state index contributed by atoms with van der Waals surface area (Å²) in [5.41, 5.74) is 2.18. The number of rotatable bonds is 2. The first kappa shape index (κ1) is 20.7. The molecule has 0 bridgehead atoms. The van der Waals surface area contributed by atoms with Crippen LogP contribution < -0.4 is 10.2 Å². The number of aromatic nitrogens is 2. The fourth-order valence-corrected chi connectivity index (χ4v) is 4.54. The van der Waals surface area contributed by atoms with Gasteiger partial charge in [0.1, 0.15) is 28.2 Å². The summed E-state index contributed by atoms with van der Waals surface area (Å²) in [6.07, 6.45) is 3.08. The average Bonchev–Trinajstić information content (AvgIpc) is 2.84. The maximum absolute atomic E-state index is 13.1. The van der Waals surface area contributed by atoms with Crippen LogP contribution in [0.4, 0.5) is 0 Å². The van der Waals surface area contributed by atoms with E-state index in [0.717, 1.165) is 0 Å². The molecule has 1 atom stereocenters. The van der Waals surface area contributed by atoms with Gasteiger partial charge in [0.05, 0.1) is 17.5 Å². The lowest BCUT2D eigenvalue weighted by Crippen LogP contribution is -2.22. The summed E-state index contributed by atoms with van der Waals surface area (Å²) in [6.45, 7) is 0. The molecule has 5 aromatic rings. The van der Waals surface area contributed by atoms with Crippen LogP contribution >= 0.6 is 0 Å². The molecule has 1 aliphatic rings. The molecule has 6 rings (SSSR count). The third-order valence-corrected chi connectivity index (χ3v) is 6.09. The predicted octanol–water partition coefficient (Wildman–Crippen LogP) is 3.96. The summed E-state index contributed by atoms with van der Waals surface area (Å²) in [6, 6.07) is 11.9. The molecule has 2 aromatic heterocycles. The zero-order valence-electron chi connectivity index (χ0n) is 17.9. The van der Waals surface area contributed by atoms with E-state index in [-0.39, 0.29) is 40.4 Å². The van der Waals surface area contributed by atoms with Gasteiger partial charge in [-0.15, -0.1) is 0 Å². The average molecular weight is 468 g/mol. The van der Waals surface area contributed by atoms with E-state index in [1.54, 1.807) is 24.5 Å². The highest BCUT2D eigenvalue weighted by molar-refractivity contribution is 5.94. The Hall–Kier alpha value is -4.92. The van der Waals surface area contributed by atoms with E-state index >= 15 is 0 Å². The van der Waals surface area contributed by atoms with Gasteiger partial charge in [0.2, 0.25) is 0 Å². The number of aromatic hydroxyl groups is 3. The van der Waals surface area contributed by atoms with E-state index in [4.69, 9.17) is 9.15 Å². The van der Waals surface area contributed by atoms with Crippen molar-refractivity contribution in [1.29, 1.82) is 0 Å². The van der Waals surface area contributed by atoms with Crippen molar-refractivity contribution in [3.05, 3.63) is 82.3 Å². The molecule has 9 nitrogen and oxygen atoms in total. The normalized spacial score (nSPS) is 15.2. The number of esters is 1. The number of benzene rings is 3. The molecule has 172 valence electrons. The van der Waals surface area contributed by atoms with Crippen molar-refractivity contribution in [2.24, 2.45) is 0 Å². The standard InChI is InChI=1S/C26H16N2O7/c29-16-5-4-12(8-17(16)30)20-10-18(31)24-19(32)11-21-23(26(24)35-20)14(9-22(33)34-21)13-2-1-3-15-25(13)28-7-6-27-15/h1-8,10-11,14,29-30,32H,9H2. The Morgan fingerprint density at radius 1 is 0.886 bits per heavy atom. The SMILES string of the molecule is O=C1CC(c2cccc3nccnc23)c2c(cc(O)c3c(=O)cc(-c4ccc(O)c(O)c4)oc23)O1. The van der Waals surface area contributed by atoms with Crippen LogP contribution in [0.5, 0.6) is 23.0 Å². The minimum absolute atomic E-state index is 0.0451. The minimum Gasteiger partial charge on any atom is -0.507 e. The Morgan fingerprint density at radius 3 is 2.54 bits per heavy atom. The number of carbonyl (C=O) groups is 1. The highest BCUT2D eigenvalue weighted by atomic mass is 16.5. The molecule has 0 saturated heterocycles. The number of para-hydroxylation sites is 1. The molecule has 0 amide bonds. The number of hydrogen-bond donors (Lipinski definition) is 3. The number of fused-ring (bicyclic) bond motifs is 4. The van der Waals surface area contributed by atoms with Gasteiger partial charge in [-0.05, 0) is 29.8 Å². The molecule has 1 aliphatic heterocycles. The van der Waals surface area contributed by atoms with Gasteiger partial charge in [-0.1, -0.05) is 12.1 Å². The Bertz CT molecular complexity index is 1740. The number of phenolic OH excluding ortho intramolecular Hbond substituents is 3. The molecular weight excluding hydrogens is 452 g/mol. The lowest BCUT2D eigenvalue weighted by Gasteiger charge is -2.26. The zero-order chi connectivity index (χ0) is 24.3. The van der Waals surface area contributed by atoms with Crippen molar-refractivity contribution in [2.45, 2.75) is 12.3 Å². The van der Waals surface area contributed by atoms with Gasteiger partial charge >= 0.3 is 5.97 Å². The van der Waals surface area contributed by atoms with Gasteiger partial charge in [-0.25, -0.2) is 0 Å². The predicted molar refractivity (Wildman–Crippen MR) is 125 cm³/mol. The van der Waals surface area contributed by atoms with Crippen molar-refractivity contribution >= 4 is 28.0 Å². The van der Waals surface area contributed by atoms with E-state index in [2.05, 4.69) is 9.97 Å². The molecule has 1 unspecified atom stereocenters. The fourth-order valence-electron chi connectivity index (χ4n) is 4.54. The number of phenols is 3. The van der Waals surface area contributed by atoms with Gasteiger partial charge in [-0.3, -0.25) is 19.6 Å². The van der Waals surface area contributed by atoms with Crippen LogP contribution in [-0.2, 0) is 4.79 Å². The molecule has 0 aliphatic carbocycles. The Morgan fingerprint density at radius 2 is 1.71 bits per heavy atom. The molecular formula is C26H16N2O7. The van der Waals surface area contributed by atoms with Crippen molar-refractivity contribution in [1.82, 2.24) is 9.97 Å². The van der Waals surface area contributed by atoms with Gasteiger partial charge < -0.3 is 24.5 Å². The molecule has 0 saturated carbocycles. The van der Waals surface area contributed by atoms with E-state index in [1.165, 1.54) is 30.3 Å². The number of ether oxygens (including phenoxy) is 1. The molecule has 3 aromatic carbocycles. The minimum atomic E-state index is -0.596. The quantitative estimate of drug-likeness (QED) is 0.199. The third-order valence-electron chi connectivity index (χ3n) is 6.09. The van der Waals surface area contributed by atoms with Crippen molar-refractivity contribution in [3.63, 3.8) is 0 Å². The summed E-state index contributed by atoms with van der Waals surface area (Å²) in [7, 11) is 0. The lowest BCUT2D eigenvalue weighted by atomic mass is 9.84. The summed E-state index contributed by atoms with van der Waals surface area (Å²) in [5, 5.41) is 30.1. The maximum Gasteiger partial charge on any atom is 0.312 e. The third kappa shape index (κ3) is 3.24. The van der Waals surface area contributed by atoms with Crippen LogP contribution in [0.1, 0.15) is 23.5 Å². The van der Waals surface area contributed by atoms with Crippen molar-refractivity contribution in [3.8, 4) is 34.3 Å². The first-order valence-corrected chi connectivity index (χ1v) is 10.7. The lowest BCUT2D eigenvalue weighted by molar-refractivity contribution is -0.135. The monoisotopic (exact) mass is 468 g/mol. The van der Waals surface area contributed by atoms with Crippen LogP contribution in [0.2, 0.25) is 0 Å². The van der Waals surface area contributed by atoms with Crippen molar-refractivity contribution in [2.75, 3.05) is 0 Å². The molecule has 0 spiro atoms. The van der Waals surface area contributed by atoms with Gasteiger partial charge in [-0.2, -0.15) is 0 Å². The van der Waals surface area contributed by atoms with Crippen LogP contribution in [0.3, 0.4) is 0 Å². The number of hydrogen-bond acceptors (Lipinski definition) is 9. The second kappa shape index (κ2) is 7.56. The molecule has 3 heterocycles. The summed E-state index contributed by atoms with van der Waals surface area (Å²) in [5.74, 6) is -2.03. The van der Waals surface area contributed by atoms with Crippen LogP contribution in [0.25, 0.3) is 33.3 Å². The summed E-state index contributed by atoms with van der Waals surface area (Å²) < 4.78 is 11.6. The van der Waals surface area contributed by atoms with Crippen LogP contribution in [0.15, 0.2) is 70.1 Å². The van der Waals surface area contributed by atoms with E-state index < -0.39 is 23.1 Å². The van der Waals surface area contributed by atoms with Gasteiger partial charge in [0.25, 0.3) is 0 Å². The summed E-state index contributed by atoms with van der Waals surface area (Å²) >= 11 is 0. The Labute approximate surface area is 196 Å². The van der Waals surface area contributed by atoms with E-state index in [0.29, 0.717) is 27.7 Å². The largest absolute Gasteiger partial charge is 0.507 e. The highest BCUT2D eigenvalue weighted by Crippen LogP contribution is 2.47. The molecule has 3 N–H and O–H groups in total. The first-order chi connectivity index (χ1) is 16.9. The zero-order valence-corrected chi connectivity index (χ0v) is 17.9. The molecule has 35 heavy (non-hydrogen) atoms. The Balaban J connectivity index is 1.68. The topological polar surface area (TPSA) is 143 Å².